The quantitative estimate of drug-likeness (QED) is 0.0427. The number of ether oxygens (including phenoxy) is 1. The number of benzene rings is 2. The van der Waals surface area contributed by atoms with Crippen LogP contribution in [0.2, 0.25) is 0 Å². The van der Waals surface area contributed by atoms with E-state index in [4.69, 9.17) is 10.5 Å². The average molecular weight is 1530 g/mol. The molecular weight excluding hydrogens is 1420 g/mol. The molecule has 0 aromatic heterocycles. The molecule has 0 radical (unpaired) electrons. The number of allylic oxidation sites excluding steroid dienone is 1. The molecule has 2 aromatic rings. The number of hydrogen-bond donors (Lipinski definition) is 16. The van der Waals surface area contributed by atoms with E-state index in [-0.39, 0.29) is 58.2 Å². The molecule has 0 bridgehead atoms. The van der Waals surface area contributed by atoms with E-state index in [0.29, 0.717) is 12.3 Å². The van der Waals surface area contributed by atoms with Crippen molar-refractivity contribution in [1.82, 2.24) is 68.3 Å². The van der Waals surface area contributed by atoms with Gasteiger partial charge in [-0.3, -0.25) is 77.2 Å². The van der Waals surface area contributed by atoms with Crippen molar-refractivity contribution in [2.24, 2.45) is 23.5 Å². The topological polar surface area (TPSA) is 528 Å². The van der Waals surface area contributed by atoms with Gasteiger partial charge in [-0.2, -0.15) is 0 Å². The fourth-order valence-electron chi connectivity index (χ4n) is 13.6. The Labute approximate surface area is 631 Å². The lowest BCUT2D eigenvalue weighted by Crippen LogP contribution is -2.66. The van der Waals surface area contributed by atoms with E-state index in [1.165, 1.54) is 18.7 Å². The van der Waals surface area contributed by atoms with Crippen LogP contribution in [0.15, 0.2) is 60.7 Å². The Morgan fingerprint density at radius 2 is 1.20 bits per heavy atom. The van der Waals surface area contributed by atoms with E-state index in [0.717, 1.165) is 72.6 Å². The van der Waals surface area contributed by atoms with E-state index < -0.39 is 218 Å². The van der Waals surface area contributed by atoms with Gasteiger partial charge in [0.25, 0.3) is 0 Å². The van der Waals surface area contributed by atoms with Crippen molar-refractivity contribution in [3.8, 4) is 11.1 Å². The summed E-state index contributed by atoms with van der Waals surface area (Å²) in [6.45, 7) is 8.51. The smallest absolute Gasteiger partial charge is 0.407 e. The summed E-state index contributed by atoms with van der Waals surface area (Å²) in [7, 11) is 0. The number of amides is 13. The van der Waals surface area contributed by atoms with Gasteiger partial charge in [0.2, 0.25) is 70.9 Å². The van der Waals surface area contributed by atoms with E-state index in [1.54, 1.807) is 19.9 Å². The second kappa shape index (κ2) is 42.2. The van der Waals surface area contributed by atoms with Crippen LogP contribution < -0.4 is 64.2 Å². The van der Waals surface area contributed by atoms with Crippen LogP contribution in [0.1, 0.15) is 168 Å². The second-order valence-corrected chi connectivity index (χ2v) is 28.8. The SMILES string of the molecule is CC(C)CCCCCCC/C=C\CC(=O)N[C@@H](CC(N)=O)C(=O)NC1C(=O)N2CCCC[C@@H]2C(=O)N[C@@H](C(C)C(=O)O)C(=O)N[C@@H](CC(=O)O)C(=O)NCC(=O)NC(CC(=O)O)C(O)NCC(=O)N[C@H](C(C)NC(=O)OCC2c3ccccc3-c3ccccc32)C(=O)N[C@@H](C(C)C)C(=O)N2CCC[C@H]2C(=O)N[C@@H]1C. The van der Waals surface area contributed by atoms with Crippen LogP contribution >= 0.6 is 0 Å². The van der Waals surface area contributed by atoms with Crippen molar-refractivity contribution in [3.63, 3.8) is 0 Å². The third kappa shape index (κ3) is 26.1. The summed E-state index contributed by atoms with van der Waals surface area (Å²) in [5.74, 6) is -20.6. The molecule has 17 N–H and O–H groups in total. The maximum absolute atomic E-state index is 15.5. The van der Waals surface area contributed by atoms with Crippen LogP contribution in [0, 0.1) is 17.8 Å². The van der Waals surface area contributed by atoms with Crippen molar-refractivity contribution >= 4 is 94.9 Å². The summed E-state index contributed by atoms with van der Waals surface area (Å²) in [6.07, 6.45) is 4.32. The lowest BCUT2D eigenvalue weighted by molar-refractivity contribution is -0.149. The molecule has 109 heavy (non-hydrogen) atoms. The number of hydrogen-bond acceptors (Lipinski definition) is 19. The summed E-state index contributed by atoms with van der Waals surface area (Å²) in [6, 6.07) is -3.88. The minimum absolute atomic E-state index is 0.0110. The van der Waals surface area contributed by atoms with Crippen molar-refractivity contribution in [3.05, 3.63) is 71.8 Å². The van der Waals surface area contributed by atoms with Crippen LogP contribution in [0.5, 0.6) is 0 Å². The number of aliphatic hydroxyl groups excluding tert-OH is 1. The standard InChI is InChI=1S/C74H106N14O21/c1-39(2)23-14-12-10-8-9-11-13-15-30-55(90)80-49(33-54(75)89)66(99)86-63-43(7)78-67(100)53-29-22-32-88(53)71(104)60(40(3)4)84-70(103)62(42(6)79-74(108)109-38-48-46-26-18-16-24-44(46)45-25-17-19-27-47(45)48)83-57(92)37-77-64(97)50(34-58(93)94)81-56(91)36-76-65(98)51(35-59(95)96)82-69(102)61(41(5)73(106)107)85-68(101)52-28-20-21-31-87(52)72(63)105/h13,15-19,24-27,39-43,48-53,60-64,77,97H,8-12,14,20-23,28-38H2,1-7H3,(H2,75,89)(H,76,98)(H,78,100)(H,79,108)(H,80,90)(H,81,91)(H,82,102)(H,83,92)(H,84,103)(H,85,101)(H,86,99)(H,93,94)(H,95,96)(H,106,107)/b15-13-/t41?,42?,43-,49+,50?,51+,52-,53+,60+,61+,62-,63?,64?/m1/s1. The molecule has 13 amide bonds. The Bertz CT molecular complexity index is 3620. The minimum Gasteiger partial charge on any atom is -0.481 e. The first-order valence-electron chi connectivity index (χ1n) is 37.1. The summed E-state index contributed by atoms with van der Waals surface area (Å²) in [4.78, 5) is 224. The Morgan fingerprint density at radius 1 is 0.624 bits per heavy atom. The zero-order valence-corrected chi connectivity index (χ0v) is 62.6. The number of rotatable bonds is 26. The molecule has 0 spiro atoms. The number of primary amides is 1. The molecule has 3 heterocycles. The van der Waals surface area contributed by atoms with E-state index in [9.17, 15) is 87.5 Å². The predicted molar refractivity (Wildman–Crippen MR) is 391 cm³/mol. The van der Waals surface area contributed by atoms with E-state index in [2.05, 4.69) is 72.3 Å². The van der Waals surface area contributed by atoms with E-state index in [1.807, 2.05) is 54.6 Å². The largest absolute Gasteiger partial charge is 0.481 e. The van der Waals surface area contributed by atoms with Crippen LogP contribution in [-0.4, -0.2) is 231 Å². The van der Waals surface area contributed by atoms with Gasteiger partial charge in [0.05, 0.1) is 56.4 Å². The second-order valence-electron chi connectivity index (χ2n) is 28.8. The van der Waals surface area contributed by atoms with E-state index >= 15 is 9.59 Å². The molecule has 35 heteroatoms. The summed E-state index contributed by atoms with van der Waals surface area (Å²) >= 11 is 0. The lowest BCUT2D eigenvalue weighted by Gasteiger charge is -2.39. The molecule has 3 aliphatic heterocycles. The number of carboxylic acids is 3. The van der Waals surface area contributed by atoms with Crippen molar-refractivity contribution in [2.45, 2.75) is 230 Å². The number of fused-ring (bicyclic) bond motifs is 5. The van der Waals surface area contributed by atoms with Gasteiger partial charge in [-0.25, -0.2) is 4.79 Å². The molecule has 0 saturated carbocycles. The van der Waals surface area contributed by atoms with Crippen molar-refractivity contribution < 1.29 is 102 Å². The number of carbonyl (C=O) groups is 16. The maximum Gasteiger partial charge on any atom is 0.407 e. The Kier molecular flexibility index (Phi) is 33.8. The zero-order chi connectivity index (χ0) is 80.3. The molecule has 5 unspecified atom stereocenters. The third-order valence-corrected chi connectivity index (χ3v) is 19.6. The summed E-state index contributed by atoms with van der Waals surface area (Å²) < 4.78 is 5.76. The first-order chi connectivity index (χ1) is 51.7. The molecule has 35 nitrogen and oxygen atoms in total. The van der Waals surface area contributed by atoms with Gasteiger partial charge in [0.1, 0.15) is 61.2 Å². The molecule has 598 valence electrons. The molecular formula is C74H106N14O21. The van der Waals surface area contributed by atoms with Gasteiger partial charge in [-0.1, -0.05) is 120 Å². The number of aliphatic carboxylic acids is 3. The number of aliphatic hydroxyl groups is 1. The van der Waals surface area contributed by atoms with Gasteiger partial charge >= 0.3 is 24.0 Å². The lowest BCUT2D eigenvalue weighted by atomic mass is 9.96. The highest BCUT2D eigenvalue weighted by atomic mass is 16.5. The minimum atomic E-state index is -2.15. The highest BCUT2D eigenvalue weighted by Crippen LogP contribution is 2.44. The molecule has 6 rings (SSSR count). The number of nitrogens with zero attached hydrogens (tertiary/aromatic N) is 2. The number of carbonyl (C=O) groups excluding carboxylic acids is 13. The fourth-order valence-corrected chi connectivity index (χ4v) is 13.6. The van der Waals surface area contributed by atoms with Gasteiger partial charge in [0, 0.05) is 25.4 Å². The number of piperidine rings is 1. The highest BCUT2D eigenvalue weighted by Gasteiger charge is 2.46. The number of carboxylic acid groups (broad SMARTS) is 3. The number of nitrogens with two attached hydrogens (primary N) is 1. The first-order valence-corrected chi connectivity index (χ1v) is 37.1. The molecule has 1 aliphatic carbocycles. The molecule has 3 fully saturated rings. The summed E-state index contributed by atoms with van der Waals surface area (Å²) in [5, 5.41) is 67.6. The molecule has 13 atom stereocenters. The fraction of sp³-hybridized carbons (Fsp3) is 0.595. The summed E-state index contributed by atoms with van der Waals surface area (Å²) in [5.41, 5.74) is 9.24. The zero-order valence-electron chi connectivity index (χ0n) is 62.6. The van der Waals surface area contributed by atoms with Crippen LogP contribution in [0.4, 0.5) is 4.79 Å². The maximum atomic E-state index is 15.5. The average Bonchev–Trinajstić information content (AvgIpc) is 1.63. The highest BCUT2D eigenvalue weighted by molar-refractivity contribution is 6.01. The molecule has 3 saturated heterocycles. The van der Waals surface area contributed by atoms with Crippen LogP contribution in [0.3, 0.4) is 0 Å². The Morgan fingerprint density at radius 3 is 1.83 bits per heavy atom. The van der Waals surface area contributed by atoms with Gasteiger partial charge in [-0.15, -0.1) is 0 Å². The van der Waals surface area contributed by atoms with Crippen molar-refractivity contribution in [1.29, 1.82) is 0 Å². The Hall–Kier alpha value is -10.6. The third-order valence-electron chi connectivity index (χ3n) is 19.6. The number of unbranched alkanes of at least 4 members (excludes halogenated alkanes) is 5. The van der Waals surface area contributed by atoms with Crippen LogP contribution in [-0.2, 0) is 76.7 Å². The molecule has 2 aromatic carbocycles. The first kappa shape index (κ1) is 87.3. The van der Waals surface area contributed by atoms with Crippen LogP contribution in [0.25, 0.3) is 11.1 Å². The van der Waals surface area contributed by atoms with Gasteiger partial charge < -0.3 is 93.9 Å². The monoisotopic (exact) mass is 1530 g/mol. The number of nitrogens with one attached hydrogen (secondary N) is 11. The Balaban J connectivity index is 1.35. The van der Waals surface area contributed by atoms with Crippen molar-refractivity contribution in [2.75, 3.05) is 32.8 Å². The normalized spacial score (nSPS) is 24.1. The van der Waals surface area contributed by atoms with Gasteiger partial charge in [-0.05, 0) is 99.8 Å². The molecule has 4 aliphatic rings. The predicted octanol–water partition coefficient (Wildman–Crippen LogP) is -0.244. The number of alkyl carbamates (subject to hydrolysis) is 1. The van der Waals surface area contributed by atoms with Gasteiger partial charge in [0.15, 0.2) is 0 Å².